The number of hydrogen-bond donors (Lipinski definition) is 0. The van der Waals surface area contributed by atoms with Gasteiger partial charge in [0.25, 0.3) is 0 Å². The van der Waals surface area contributed by atoms with Crippen LogP contribution in [0.2, 0.25) is 18.1 Å². The van der Waals surface area contributed by atoms with Gasteiger partial charge < -0.3 is 4.43 Å². The number of unbranched alkanes of at least 4 members (excludes halogenated alkanes) is 10. The normalized spacial score (nSPS) is 14.0. The van der Waals surface area contributed by atoms with Gasteiger partial charge in [-0.15, -0.1) is 0 Å². The van der Waals surface area contributed by atoms with E-state index in [1.54, 1.807) is 0 Å². The summed E-state index contributed by atoms with van der Waals surface area (Å²) in [5.41, 5.74) is 0. The third-order valence-electron chi connectivity index (χ3n) is 6.01. The highest BCUT2D eigenvalue weighted by atomic mass is 28.4. The lowest BCUT2D eigenvalue weighted by Gasteiger charge is -2.39. The highest BCUT2D eigenvalue weighted by Crippen LogP contribution is 2.38. The van der Waals surface area contributed by atoms with Crippen molar-refractivity contribution >= 4 is 8.32 Å². The molecular formula is C23H50OSi. The molecule has 0 saturated heterocycles. The molecular weight excluding hydrogens is 320 g/mol. The Morgan fingerprint density at radius 1 is 0.640 bits per heavy atom. The van der Waals surface area contributed by atoms with E-state index in [9.17, 15) is 0 Å². The summed E-state index contributed by atoms with van der Waals surface area (Å²) in [5.74, 6) is 0. The highest BCUT2D eigenvalue weighted by Gasteiger charge is 2.38. The Balaban J connectivity index is 3.77. The van der Waals surface area contributed by atoms with E-state index in [1.165, 1.54) is 89.9 Å². The zero-order chi connectivity index (χ0) is 19.2. The summed E-state index contributed by atoms with van der Waals surface area (Å²) in [6.45, 7) is 16.4. The maximum atomic E-state index is 6.67. The summed E-state index contributed by atoms with van der Waals surface area (Å²) in [6.07, 6.45) is 19.9. The lowest BCUT2D eigenvalue weighted by Crippen LogP contribution is -2.43. The van der Waals surface area contributed by atoms with Crippen molar-refractivity contribution in [1.29, 1.82) is 0 Å². The molecule has 0 bridgehead atoms. The summed E-state index contributed by atoms with van der Waals surface area (Å²) < 4.78 is 6.67. The maximum Gasteiger partial charge on any atom is 0.192 e. The highest BCUT2D eigenvalue weighted by molar-refractivity contribution is 6.74. The van der Waals surface area contributed by atoms with E-state index < -0.39 is 8.32 Å². The molecule has 0 aliphatic carbocycles. The molecule has 0 N–H and O–H groups in total. The molecule has 0 aromatic rings. The minimum absolute atomic E-state index is 0.329. The average molecular weight is 371 g/mol. The Morgan fingerprint density at radius 2 is 1.08 bits per heavy atom. The number of hydrogen-bond acceptors (Lipinski definition) is 1. The Hall–Kier alpha value is 0.177. The first kappa shape index (κ1) is 25.2. The first-order chi connectivity index (χ1) is 11.7. The predicted molar refractivity (Wildman–Crippen MR) is 118 cm³/mol. The molecule has 0 radical (unpaired) electrons. The van der Waals surface area contributed by atoms with E-state index in [-0.39, 0.29) is 0 Å². The van der Waals surface area contributed by atoms with Gasteiger partial charge in [-0.1, -0.05) is 112 Å². The monoisotopic (exact) mass is 370 g/mol. The second-order valence-corrected chi connectivity index (χ2v) is 14.4. The SMILES string of the molecule is CCCCCCCCCCCCCC(CCC)O[Si](C)(C)C(C)(C)C. The maximum absolute atomic E-state index is 6.67. The molecule has 1 nitrogen and oxygen atoms in total. The standard InChI is InChI=1S/C23H50OSi/c1-8-10-11-12-13-14-15-16-17-18-19-21-22(20-9-2)24-25(6,7)23(3,4)5/h22H,8-21H2,1-7H3. The van der Waals surface area contributed by atoms with Crippen molar-refractivity contribution in [2.24, 2.45) is 0 Å². The second-order valence-electron chi connectivity index (χ2n) is 9.61. The first-order valence-electron chi connectivity index (χ1n) is 11.4. The van der Waals surface area contributed by atoms with Gasteiger partial charge in [-0.25, -0.2) is 0 Å². The molecule has 0 fully saturated rings. The Morgan fingerprint density at radius 3 is 1.48 bits per heavy atom. The predicted octanol–water partition coefficient (Wildman–Crippen LogP) is 8.88. The van der Waals surface area contributed by atoms with Gasteiger partial charge in [0.15, 0.2) is 8.32 Å². The fourth-order valence-electron chi connectivity index (χ4n) is 3.21. The van der Waals surface area contributed by atoms with Crippen LogP contribution in [-0.2, 0) is 4.43 Å². The van der Waals surface area contributed by atoms with Crippen molar-refractivity contribution in [3.63, 3.8) is 0 Å². The van der Waals surface area contributed by atoms with Gasteiger partial charge in [-0.3, -0.25) is 0 Å². The summed E-state index contributed by atoms with van der Waals surface area (Å²) in [4.78, 5) is 0. The first-order valence-corrected chi connectivity index (χ1v) is 14.3. The third kappa shape index (κ3) is 13.1. The summed E-state index contributed by atoms with van der Waals surface area (Å²) in [6, 6.07) is 0. The Kier molecular flexibility index (Phi) is 14.4. The smallest absolute Gasteiger partial charge is 0.192 e. The van der Waals surface area contributed by atoms with Crippen molar-refractivity contribution in [2.45, 2.75) is 149 Å². The summed E-state index contributed by atoms with van der Waals surface area (Å²) in [5, 5.41) is 0.329. The van der Waals surface area contributed by atoms with Crippen LogP contribution in [0.1, 0.15) is 125 Å². The molecule has 0 rings (SSSR count). The third-order valence-corrected chi connectivity index (χ3v) is 10.5. The molecule has 0 heterocycles. The van der Waals surface area contributed by atoms with Gasteiger partial charge >= 0.3 is 0 Å². The van der Waals surface area contributed by atoms with Crippen molar-refractivity contribution in [3.05, 3.63) is 0 Å². The van der Waals surface area contributed by atoms with E-state index in [4.69, 9.17) is 4.43 Å². The van der Waals surface area contributed by atoms with Gasteiger partial charge in [0, 0.05) is 6.10 Å². The average Bonchev–Trinajstić information content (AvgIpc) is 2.51. The van der Waals surface area contributed by atoms with Crippen LogP contribution in [-0.4, -0.2) is 14.4 Å². The minimum atomic E-state index is -1.61. The van der Waals surface area contributed by atoms with Crippen LogP contribution in [0.5, 0.6) is 0 Å². The van der Waals surface area contributed by atoms with Crippen LogP contribution in [0, 0.1) is 0 Å². The van der Waals surface area contributed by atoms with Crippen LogP contribution >= 0.6 is 0 Å². The van der Waals surface area contributed by atoms with Crippen LogP contribution in [0.3, 0.4) is 0 Å². The molecule has 0 aromatic heterocycles. The molecule has 0 aliphatic heterocycles. The summed E-state index contributed by atoms with van der Waals surface area (Å²) in [7, 11) is -1.61. The van der Waals surface area contributed by atoms with Gasteiger partial charge in [-0.05, 0) is 31.0 Å². The molecule has 0 amide bonds. The molecule has 25 heavy (non-hydrogen) atoms. The molecule has 1 unspecified atom stereocenters. The number of rotatable bonds is 16. The van der Waals surface area contributed by atoms with Crippen LogP contribution < -0.4 is 0 Å². The van der Waals surface area contributed by atoms with Gasteiger partial charge in [-0.2, -0.15) is 0 Å². The van der Waals surface area contributed by atoms with E-state index >= 15 is 0 Å². The lowest BCUT2D eigenvalue weighted by atomic mass is 10.0. The van der Waals surface area contributed by atoms with E-state index in [0.29, 0.717) is 11.1 Å². The zero-order valence-electron chi connectivity index (χ0n) is 18.9. The van der Waals surface area contributed by atoms with Crippen LogP contribution in [0.4, 0.5) is 0 Å². The molecule has 2 heteroatoms. The summed E-state index contributed by atoms with van der Waals surface area (Å²) >= 11 is 0. The van der Waals surface area contributed by atoms with Crippen LogP contribution in [0.15, 0.2) is 0 Å². The topological polar surface area (TPSA) is 9.23 Å². The molecule has 0 aliphatic rings. The minimum Gasteiger partial charge on any atom is -0.414 e. The molecule has 0 spiro atoms. The molecule has 0 aromatic carbocycles. The lowest BCUT2D eigenvalue weighted by molar-refractivity contribution is 0.156. The van der Waals surface area contributed by atoms with Crippen molar-refractivity contribution in [2.75, 3.05) is 0 Å². The zero-order valence-corrected chi connectivity index (χ0v) is 19.9. The molecule has 152 valence electrons. The molecule has 1 atom stereocenters. The second kappa shape index (κ2) is 14.3. The van der Waals surface area contributed by atoms with Crippen molar-refractivity contribution in [3.8, 4) is 0 Å². The van der Waals surface area contributed by atoms with E-state index in [1.807, 2.05) is 0 Å². The van der Waals surface area contributed by atoms with Crippen LogP contribution in [0.25, 0.3) is 0 Å². The fourth-order valence-corrected chi connectivity index (χ4v) is 4.64. The Bertz CT molecular complexity index is 293. The quantitative estimate of drug-likeness (QED) is 0.195. The molecule has 0 saturated carbocycles. The Labute approximate surface area is 161 Å². The van der Waals surface area contributed by atoms with Crippen molar-refractivity contribution < 1.29 is 4.43 Å². The van der Waals surface area contributed by atoms with Crippen molar-refractivity contribution in [1.82, 2.24) is 0 Å². The largest absolute Gasteiger partial charge is 0.414 e. The van der Waals surface area contributed by atoms with Gasteiger partial charge in [0.2, 0.25) is 0 Å². The van der Waals surface area contributed by atoms with Gasteiger partial charge in [0.1, 0.15) is 0 Å². The fraction of sp³-hybridized carbons (Fsp3) is 1.00. The van der Waals surface area contributed by atoms with Gasteiger partial charge in [0.05, 0.1) is 0 Å². The van der Waals surface area contributed by atoms with E-state index in [2.05, 4.69) is 47.7 Å². The van der Waals surface area contributed by atoms with E-state index in [0.717, 1.165) is 0 Å².